The molecule has 0 bridgehead atoms. The van der Waals surface area contributed by atoms with E-state index in [0.717, 1.165) is 25.1 Å². The van der Waals surface area contributed by atoms with Gasteiger partial charge in [0.1, 0.15) is 0 Å². The predicted molar refractivity (Wildman–Crippen MR) is 60.6 cm³/mol. The molecule has 0 amide bonds. The average molecular weight is 181 g/mol. The van der Waals surface area contributed by atoms with Crippen LogP contribution in [0.1, 0.15) is 40.5 Å². The Hall–Kier alpha value is -0.720. The fraction of sp³-hybridized carbons (Fsp3) is 0.667. The molecule has 0 heterocycles. The Morgan fingerprint density at radius 2 is 1.77 bits per heavy atom. The summed E-state index contributed by atoms with van der Waals surface area (Å²) in [6, 6.07) is 0. The SMILES string of the molecule is C=C(C)CCNC(=C)CC(C)(C)C. The molecule has 0 rings (SSSR count). The van der Waals surface area contributed by atoms with E-state index in [4.69, 9.17) is 0 Å². The fourth-order valence-electron chi connectivity index (χ4n) is 1.16. The van der Waals surface area contributed by atoms with Crippen molar-refractivity contribution in [2.45, 2.75) is 40.5 Å². The molecule has 0 aliphatic carbocycles. The van der Waals surface area contributed by atoms with Crippen LogP contribution in [-0.4, -0.2) is 6.54 Å². The molecule has 0 unspecified atom stereocenters. The monoisotopic (exact) mass is 181 g/mol. The number of hydrogen-bond donors (Lipinski definition) is 1. The zero-order chi connectivity index (χ0) is 10.5. The lowest BCUT2D eigenvalue weighted by Crippen LogP contribution is -2.18. The van der Waals surface area contributed by atoms with Gasteiger partial charge in [-0.05, 0) is 25.2 Å². The third-order valence-electron chi connectivity index (χ3n) is 1.67. The van der Waals surface area contributed by atoms with Crippen molar-refractivity contribution in [1.82, 2.24) is 5.32 Å². The molecule has 0 aromatic rings. The van der Waals surface area contributed by atoms with Crippen molar-refractivity contribution in [3.8, 4) is 0 Å². The van der Waals surface area contributed by atoms with Gasteiger partial charge in [-0.15, -0.1) is 6.58 Å². The Kier molecular flexibility index (Phi) is 4.82. The van der Waals surface area contributed by atoms with E-state index in [9.17, 15) is 0 Å². The van der Waals surface area contributed by atoms with Gasteiger partial charge in [0, 0.05) is 12.2 Å². The van der Waals surface area contributed by atoms with Crippen molar-refractivity contribution in [2.24, 2.45) is 5.41 Å². The molecule has 0 aliphatic rings. The lowest BCUT2D eigenvalue weighted by Gasteiger charge is -2.20. The summed E-state index contributed by atoms with van der Waals surface area (Å²) >= 11 is 0. The lowest BCUT2D eigenvalue weighted by atomic mass is 9.91. The molecule has 0 aliphatic heterocycles. The quantitative estimate of drug-likeness (QED) is 0.640. The zero-order valence-electron chi connectivity index (χ0n) is 9.54. The summed E-state index contributed by atoms with van der Waals surface area (Å²) in [5.41, 5.74) is 2.68. The highest BCUT2D eigenvalue weighted by molar-refractivity contribution is 4.97. The van der Waals surface area contributed by atoms with Gasteiger partial charge >= 0.3 is 0 Å². The lowest BCUT2D eigenvalue weighted by molar-refractivity contribution is 0.399. The first-order valence-electron chi connectivity index (χ1n) is 4.87. The van der Waals surface area contributed by atoms with Gasteiger partial charge in [-0.2, -0.15) is 0 Å². The van der Waals surface area contributed by atoms with Crippen molar-refractivity contribution < 1.29 is 0 Å². The summed E-state index contributed by atoms with van der Waals surface area (Å²) in [7, 11) is 0. The van der Waals surface area contributed by atoms with Crippen LogP contribution in [0.15, 0.2) is 24.4 Å². The average Bonchev–Trinajstić information content (AvgIpc) is 1.81. The minimum absolute atomic E-state index is 0.327. The highest BCUT2D eigenvalue weighted by Crippen LogP contribution is 2.21. The van der Waals surface area contributed by atoms with E-state index in [1.807, 2.05) is 6.92 Å². The Balaban J connectivity index is 3.59. The molecule has 0 saturated carbocycles. The molecule has 0 spiro atoms. The maximum atomic E-state index is 4.00. The van der Waals surface area contributed by atoms with Gasteiger partial charge in [0.25, 0.3) is 0 Å². The largest absolute Gasteiger partial charge is 0.388 e. The molecular weight excluding hydrogens is 158 g/mol. The summed E-state index contributed by atoms with van der Waals surface area (Å²) in [5, 5.41) is 3.32. The predicted octanol–water partition coefficient (Wildman–Crippen LogP) is 3.49. The van der Waals surface area contributed by atoms with Gasteiger partial charge in [-0.1, -0.05) is 32.9 Å². The summed E-state index contributed by atoms with van der Waals surface area (Å²) in [4.78, 5) is 0. The van der Waals surface area contributed by atoms with Crippen molar-refractivity contribution in [3.05, 3.63) is 24.4 Å². The number of hydrogen-bond acceptors (Lipinski definition) is 1. The van der Waals surface area contributed by atoms with Crippen LogP contribution in [0.3, 0.4) is 0 Å². The molecular formula is C12H23N. The Bertz CT molecular complexity index is 184. The van der Waals surface area contributed by atoms with Crippen LogP contribution in [0.4, 0.5) is 0 Å². The molecule has 1 N–H and O–H groups in total. The van der Waals surface area contributed by atoms with Crippen LogP contribution in [0.5, 0.6) is 0 Å². The number of allylic oxidation sites excluding steroid dienone is 1. The molecule has 0 saturated heterocycles. The van der Waals surface area contributed by atoms with Gasteiger partial charge in [-0.25, -0.2) is 0 Å². The normalized spacial score (nSPS) is 11.1. The molecule has 76 valence electrons. The fourth-order valence-corrected chi connectivity index (χ4v) is 1.16. The minimum Gasteiger partial charge on any atom is -0.388 e. The molecule has 13 heavy (non-hydrogen) atoms. The van der Waals surface area contributed by atoms with E-state index in [0.29, 0.717) is 5.41 Å². The minimum atomic E-state index is 0.327. The third-order valence-corrected chi connectivity index (χ3v) is 1.67. The first-order chi connectivity index (χ1) is 5.81. The van der Waals surface area contributed by atoms with E-state index in [1.54, 1.807) is 0 Å². The van der Waals surface area contributed by atoms with E-state index >= 15 is 0 Å². The van der Waals surface area contributed by atoms with E-state index in [2.05, 4.69) is 39.2 Å². The van der Waals surface area contributed by atoms with Crippen LogP contribution in [0.25, 0.3) is 0 Å². The van der Waals surface area contributed by atoms with E-state index < -0.39 is 0 Å². The first kappa shape index (κ1) is 12.3. The van der Waals surface area contributed by atoms with Crippen LogP contribution in [0.2, 0.25) is 0 Å². The maximum Gasteiger partial charge on any atom is 0.0180 e. The maximum absolute atomic E-state index is 4.00. The summed E-state index contributed by atoms with van der Waals surface area (Å²) < 4.78 is 0. The second-order valence-corrected chi connectivity index (χ2v) is 4.97. The van der Waals surface area contributed by atoms with Crippen LogP contribution in [-0.2, 0) is 0 Å². The zero-order valence-corrected chi connectivity index (χ0v) is 9.54. The van der Waals surface area contributed by atoms with E-state index in [1.165, 1.54) is 5.57 Å². The molecule has 0 aromatic heterocycles. The van der Waals surface area contributed by atoms with Crippen LogP contribution < -0.4 is 5.32 Å². The summed E-state index contributed by atoms with van der Waals surface area (Å²) in [6.07, 6.45) is 2.06. The number of rotatable bonds is 5. The molecule has 0 fully saturated rings. The summed E-state index contributed by atoms with van der Waals surface area (Å²) in [5.74, 6) is 0. The first-order valence-corrected chi connectivity index (χ1v) is 4.87. The van der Waals surface area contributed by atoms with Gasteiger partial charge < -0.3 is 5.32 Å². The van der Waals surface area contributed by atoms with Gasteiger partial charge in [0.05, 0.1) is 0 Å². The van der Waals surface area contributed by atoms with Gasteiger partial charge in [0.15, 0.2) is 0 Å². The standard InChI is InChI=1S/C12H23N/c1-10(2)7-8-13-11(3)9-12(4,5)6/h13H,1,3,7-9H2,2,4-6H3. The Labute approximate surface area is 82.9 Å². The second-order valence-electron chi connectivity index (χ2n) is 4.97. The molecule has 0 aromatic carbocycles. The Morgan fingerprint density at radius 1 is 1.23 bits per heavy atom. The van der Waals surface area contributed by atoms with Gasteiger partial charge in [0.2, 0.25) is 0 Å². The molecule has 1 nitrogen and oxygen atoms in total. The number of nitrogens with one attached hydrogen (secondary N) is 1. The molecule has 1 heteroatoms. The summed E-state index contributed by atoms with van der Waals surface area (Å²) in [6.45, 7) is 17.5. The van der Waals surface area contributed by atoms with Crippen molar-refractivity contribution >= 4 is 0 Å². The molecule has 0 atom stereocenters. The van der Waals surface area contributed by atoms with Crippen LogP contribution in [0, 0.1) is 5.41 Å². The van der Waals surface area contributed by atoms with Gasteiger partial charge in [-0.3, -0.25) is 0 Å². The molecule has 0 radical (unpaired) electrons. The highest BCUT2D eigenvalue weighted by atomic mass is 14.9. The van der Waals surface area contributed by atoms with Crippen LogP contribution >= 0.6 is 0 Å². The van der Waals surface area contributed by atoms with Crippen molar-refractivity contribution in [3.63, 3.8) is 0 Å². The highest BCUT2D eigenvalue weighted by Gasteiger charge is 2.11. The third kappa shape index (κ3) is 9.19. The topological polar surface area (TPSA) is 12.0 Å². The second kappa shape index (κ2) is 5.11. The van der Waals surface area contributed by atoms with Crippen molar-refractivity contribution in [1.29, 1.82) is 0 Å². The van der Waals surface area contributed by atoms with Crippen molar-refractivity contribution in [2.75, 3.05) is 6.54 Å². The smallest absolute Gasteiger partial charge is 0.0180 e. The Morgan fingerprint density at radius 3 is 2.15 bits per heavy atom. The van der Waals surface area contributed by atoms with E-state index in [-0.39, 0.29) is 0 Å².